The molecule has 2 aromatic rings. The van der Waals surface area contributed by atoms with E-state index in [-0.39, 0.29) is 5.78 Å². The van der Waals surface area contributed by atoms with Crippen LogP contribution in [0.2, 0.25) is 0 Å². The number of halogens is 2. The zero-order valence-corrected chi connectivity index (χ0v) is 12.8. The first kappa shape index (κ1) is 13.9. The second-order valence-electron chi connectivity index (χ2n) is 3.84. The summed E-state index contributed by atoms with van der Waals surface area (Å²) >= 11 is 6.66. The number of aromatic nitrogens is 1. The summed E-state index contributed by atoms with van der Waals surface area (Å²) in [7, 11) is 0. The number of hydrogen-bond donors (Lipinski definition) is 0. The Bertz CT molecular complexity index is 650. The smallest absolute Gasteiger partial charge is 0.185 e. The molecule has 0 saturated carbocycles. The molecular formula is C14H8Br2N2O. The summed E-state index contributed by atoms with van der Waals surface area (Å²) in [6.45, 7) is 0. The molecule has 1 aromatic carbocycles. The highest BCUT2D eigenvalue weighted by atomic mass is 79.9. The van der Waals surface area contributed by atoms with Crippen LogP contribution in [0.3, 0.4) is 0 Å². The number of pyridine rings is 1. The fourth-order valence-electron chi connectivity index (χ4n) is 1.67. The number of Topliss-reactive ketones (excluding diaryl/α,β-unsaturated/α-hetero) is 1. The number of nitriles is 1. The Kier molecular flexibility index (Phi) is 4.46. The van der Waals surface area contributed by atoms with E-state index >= 15 is 0 Å². The molecule has 5 heteroatoms. The lowest BCUT2D eigenvalue weighted by Crippen LogP contribution is -2.12. The molecule has 0 amide bonds. The Morgan fingerprint density at radius 2 is 2.11 bits per heavy atom. The molecule has 1 heterocycles. The SMILES string of the molecule is N#CC(C(=O)c1cc(Br)ccc1Br)c1cccnc1. The van der Waals surface area contributed by atoms with E-state index in [9.17, 15) is 10.1 Å². The number of carbonyl (C=O) groups excluding carboxylic acids is 1. The van der Waals surface area contributed by atoms with Crippen LogP contribution >= 0.6 is 31.9 Å². The van der Waals surface area contributed by atoms with Gasteiger partial charge in [0.1, 0.15) is 5.92 Å². The fraction of sp³-hybridized carbons (Fsp3) is 0.0714. The van der Waals surface area contributed by atoms with Crippen molar-refractivity contribution in [1.82, 2.24) is 4.98 Å². The minimum atomic E-state index is -0.848. The summed E-state index contributed by atoms with van der Waals surface area (Å²) in [4.78, 5) is 16.4. The number of ketones is 1. The van der Waals surface area contributed by atoms with Gasteiger partial charge in [0, 0.05) is 26.9 Å². The standard InChI is InChI=1S/C14H8Br2N2O/c15-10-3-4-13(16)11(6-10)14(19)12(7-17)9-2-1-5-18-8-9/h1-6,8,12H. The van der Waals surface area contributed by atoms with E-state index < -0.39 is 5.92 Å². The third kappa shape index (κ3) is 3.09. The number of rotatable bonds is 3. The normalized spacial score (nSPS) is 11.6. The Hall–Kier alpha value is -1.51. The topological polar surface area (TPSA) is 53.8 Å². The number of carbonyl (C=O) groups is 1. The van der Waals surface area contributed by atoms with Crippen LogP contribution in [0.4, 0.5) is 0 Å². The summed E-state index contributed by atoms with van der Waals surface area (Å²) in [6.07, 6.45) is 3.15. The monoisotopic (exact) mass is 378 g/mol. The van der Waals surface area contributed by atoms with Gasteiger partial charge in [-0.05, 0) is 29.8 Å². The molecule has 0 N–H and O–H groups in total. The van der Waals surface area contributed by atoms with Gasteiger partial charge in [-0.1, -0.05) is 37.9 Å². The Balaban J connectivity index is 2.43. The van der Waals surface area contributed by atoms with Crippen molar-refractivity contribution in [1.29, 1.82) is 5.26 Å². The zero-order valence-electron chi connectivity index (χ0n) is 9.68. The first-order valence-electron chi connectivity index (χ1n) is 5.42. The zero-order chi connectivity index (χ0) is 13.8. The van der Waals surface area contributed by atoms with Crippen molar-refractivity contribution in [3.63, 3.8) is 0 Å². The highest BCUT2D eigenvalue weighted by molar-refractivity contribution is 9.11. The van der Waals surface area contributed by atoms with Crippen molar-refractivity contribution < 1.29 is 4.79 Å². The first-order chi connectivity index (χ1) is 9.13. The maximum absolute atomic E-state index is 12.4. The Morgan fingerprint density at radius 1 is 1.32 bits per heavy atom. The number of benzene rings is 1. The lowest BCUT2D eigenvalue weighted by molar-refractivity contribution is 0.0978. The van der Waals surface area contributed by atoms with Gasteiger partial charge in [-0.15, -0.1) is 0 Å². The van der Waals surface area contributed by atoms with Crippen LogP contribution in [-0.2, 0) is 0 Å². The summed E-state index contributed by atoms with van der Waals surface area (Å²) in [5, 5.41) is 9.25. The van der Waals surface area contributed by atoms with E-state index in [2.05, 4.69) is 36.8 Å². The van der Waals surface area contributed by atoms with Crippen molar-refractivity contribution in [2.75, 3.05) is 0 Å². The van der Waals surface area contributed by atoms with Gasteiger partial charge in [-0.2, -0.15) is 5.26 Å². The molecule has 0 aliphatic carbocycles. The third-order valence-electron chi connectivity index (χ3n) is 2.60. The summed E-state index contributed by atoms with van der Waals surface area (Å²) in [5.41, 5.74) is 1.08. The highest BCUT2D eigenvalue weighted by Crippen LogP contribution is 2.27. The van der Waals surface area contributed by atoms with Crippen LogP contribution in [0.15, 0.2) is 51.7 Å². The van der Waals surface area contributed by atoms with E-state index in [1.165, 1.54) is 6.20 Å². The molecule has 0 bridgehead atoms. The average molecular weight is 380 g/mol. The maximum Gasteiger partial charge on any atom is 0.185 e. The molecule has 94 valence electrons. The molecule has 1 atom stereocenters. The van der Waals surface area contributed by atoms with Crippen LogP contribution in [0.25, 0.3) is 0 Å². The largest absolute Gasteiger partial charge is 0.292 e. The fourth-order valence-corrected chi connectivity index (χ4v) is 2.48. The van der Waals surface area contributed by atoms with Crippen molar-refractivity contribution in [3.8, 4) is 6.07 Å². The van der Waals surface area contributed by atoms with Crippen LogP contribution < -0.4 is 0 Å². The quantitative estimate of drug-likeness (QED) is 0.754. The molecule has 0 aliphatic rings. The predicted octanol–water partition coefficient (Wildman–Crippen LogP) is 4.10. The van der Waals surface area contributed by atoms with Crippen molar-refractivity contribution in [2.24, 2.45) is 0 Å². The van der Waals surface area contributed by atoms with Crippen LogP contribution in [0.1, 0.15) is 21.8 Å². The van der Waals surface area contributed by atoms with Gasteiger partial charge in [0.05, 0.1) is 6.07 Å². The Morgan fingerprint density at radius 3 is 2.74 bits per heavy atom. The summed E-state index contributed by atoms with van der Waals surface area (Å²) < 4.78 is 1.46. The minimum absolute atomic E-state index is 0.247. The molecule has 0 radical (unpaired) electrons. The minimum Gasteiger partial charge on any atom is -0.292 e. The molecule has 3 nitrogen and oxygen atoms in total. The van der Waals surface area contributed by atoms with Gasteiger partial charge < -0.3 is 0 Å². The number of hydrogen-bond acceptors (Lipinski definition) is 3. The second-order valence-corrected chi connectivity index (χ2v) is 5.61. The molecule has 0 aliphatic heterocycles. The molecule has 0 saturated heterocycles. The van der Waals surface area contributed by atoms with Crippen LogP contribution in [0, 0.1) is 11.3 Å². The molecule has 0 fully saturated rings. The summed E-state index contributed by atoms with van der Waals surface area (Å²) in [5.74, 6) is -1.09. The van der Waals surface area contributed by atoms with Gasteiger partial charge in [0.25, 0.3) is 0 Å². The molecule has 2 rings (SSSR count). The van der Waals surface area contributed by atoms with Crippen molar-refractivity contribution >= 4 is 37.6 Å². The lowest BCUT2D eigenvalue weighted by Gasteiger charge is -2.10. The van der Waals surface area contributed by atoms with Crippen LogP contribution in [-0.4, -0.2) is 10.8 Å². The second kappa shape index (κ2) is 6.09. The summed E-state index contributed by atoms with van der Waals surface area (Å²) in [6, 6.07) is 10.8. The molecular weight excluding hydrogens is 372 g/mol. The average Bonchev–Trinajstić information content (AvgIpc) is 2.43. The lowest BCUT2D eigenvalue weighted by atomic mass is 9.93. The van der Waals surface area contributed by atoms with Gasteiger partial charge in [-0.3, -0.25) is 9.78 Å². The van der Waals surface area contributed by atoms with Crippen LogP contribution in [0.5, 0.6) is 0 Å². The van der Waals surface area contributed by atoms with E-state index in [0.29, 0.717) is 15.6 Å². The van der Waals surface area contributed by atoms with E-state index in [0.717, 1.165) is 4.47 Å². The van der Waals surface area contributed by atoms with Gasteiger partial charge >= 0.3 is 0 Å². The molecule has 1 aromatic heterocycles. The van der Waals surface area contributed by atoms with Gasteiger partial charge in [-0.25, -0.2) is 0 Å². The predicted molar refractivity (Wildman–Crippen MR) is 78.8 cm³/mol. The van der Waals surface area contributed by atoms with E-state index in [1.807, 2.05) is 12.1 Å². The first-order valence-corrected chi connectivity index (χ1v) is 7.01. The highest BCUT2D eigenvalue weighted by Gasteiger charge is 2.23. The Labute approximate surface area is 127 Å². The maximum atomic E-state index is 12.4. The van der Waals surface area contributed by atoms with Gasteiger partial charge in [0.2, 0.25) is 0 Å². The molecule has 1 unspecified atom stereocenters. The molecule has 0 spiro atoms. The van der Waals surface area contributed by atoms with Crippen molar-refractivity contribution in [2.45, 2.75) is 5.92 Å². The van der Waals surface area contributed by atoms with E-state index in [1.54, 1.807) is 30.5 Å². The van der Waals surface area contributed by atoms with Gasteiger partial charge in [0.15, 0.2) is 5.78 Å². The van der Waals surface area contributed by atoms with E-state index in [4.69, 9.17) is 0 Å². The molecule has 19 heavy (non-hydrogen) atoms. The third-order valence-corrected chi connectivity index (χ3v) is 3.79. The van der Waals surface area contributed by atoms with Crippen molar-refractivity contribution in [3.05, 3.63) is 62.8 Å². The number of nitrogens with zero attached hydrogens (tertiary/aromatic N) is 2.